The van der Waals surface area contributed by atoms with Gasteiger partial charge < -0.3 is 0 Å². The molecule has 4 heteroatoms. The molecule has 7 heavy (non-hydrogen) atoms. The number of alkyl halides is 1. The predicted octanol–water partition coefficient (Wildman–Crippen LogP) is -0.449. The minimum atomic E-state index is -0.207. The second-order valence-corrected chi connectivity index (χ2v) is 1.77. The lowest BCUT2D eigenvalue weighted by molar-refractivity contribution is 0.320. The first kappa shape index (κ1) is 4.85. The van der Waals surface area contributed by atoms with E-state index < -0.39 is 0 Å². The van der Waals surface area contributed by atoms with Crippen molar-refractivity contribution in [3.05, 3.63) is 0 Å². The third kappa shape index (κ3) is 0.682. The first-order valence-corrected chi connectivity index (χ1v) is 2.33. The SMILES string of the molecule is N#C[C@@H]1NNC1Cl. The Morgan fingerprint density at radius 3 is 2.29 bits per heavy atom. The average Bonchev–Trinajstić information content (AvgIpc) is 1.65. The van der Waals surface area contributed by atoms with Crippen LogP contribution in [-0.2, 0) is 0 Å². The highest BCUT2D eigenvalue weighted by Gasteiger charge is 2.26. The summed E-state index contributed by atoms with van der Waals surface area (Å²) in [4.78, 5) is 0. The van der Waals surface area contributed by atoms with Crippen LogP contribution >= 0.6 is 11.6 Å². The maximum atomic E-state index is 8.12. The summed E-state index contributed by atoms with van der Waals surface area (Å²) in [6.45, 7) is 0. The van der Waals surface area contributed by atoms with Crippen LogP contribution in [0.25, 0.3) is 0 Å². The number of halogens is 1. The van der Waals surface area contributed by atoms with Gasteiger partial charge >= 0.3 is 0 Å². The second kappa shape index (κ2) is 1.66. The Kier molecular flexibility index (Phi) is 1.15. The summed E-state index contributed by atoms with van der Waals surface area (Å²) in [6.07, 6.45) is 0. The van der Waals surface area contributed by atoms with Crippen LogP contribution in [0, 0.1) is 11.3 Å². The molecule has 2 atom stereocenters. The van der Waals surface area contributed by atoms with Crippen LogP contribution in [0.1, 0.15) is 0 Å². The highest BCUT2D eigenvalue weighted by molar-refractivity contribution is 6.21. The fraction of sp³-hybridized carbons (Fsp3) is 0.667. The lowest BCUT2D eigenvalue weighted by atomic mass is 10.3. The van der Waals surface area contributed by atoms with Gasteiger partial charge in [0.2, 0.25) is 0 Å². The van der Waals surface area contributed by atoms with Gasteiger partial charge in [0.05, 0.1) is 6.07 Å². The van der Waals surface area contributed by atoms with E-state index in [1.54, 1.807) is 0 Å². The van der Waals surface area contributed by atoms with Gasteiger partial charge in [0, 0.05) is 0 Å². The molecule has 1 heterocycles. The van der Waals surface area contributed by atoms with E-state index in [2.05, 4.69) is 10.9 Å². The van der Waals surface area contributed by atoms with Crippen LogP contribution < -0.4 is 10.9 Å². The molecule has 1 saturated heterocycles. The molecule has 3 nitrogen and oxygen atoms in total. The van der Waals surface area contributed by atoms with Crippen LogP contribution in [0.5, 0.6) is 0 Å². The maximum Gasteiger partial charge on any atom is 0.139 e. The van der Waals surface area contributed by atoms with Crippen LogP contribution in [0.2, 0.25) is 0 Å². The molecule has 0 aromatic carbocycles. The van der Waals surface area contributed by atoms with Gasteiger partial charge in [-0.3, -0.25) is 0 Å². The summed E-state index contributed by atoms with van der Waals surface area (Å²) < 4.78 is 0. The van der Waals surface area contributed by atoms with Crippen molar-refractivity contribution in [3.8, 4) is 6.07 Å². The van der Waals surface area contributed by atoms with Crippen molar-refractivity contribution in [1.82, 2.24) is 10.9 Å². The number of hydrogen-bond donors (Lipinski definition) is 2. The minimum absolute atomic E-state index is 0.204. The highest BCUT2D eigenvalue weighted by atomic mass is 35.5. The molecule has 1 unspecified atom stereocenters. The molecule has 2 N–H and O–H groups in total. The van der Waals surface area contributed by atoms with Gasteiger partial charge in [-0.2, -0.15) is 5.26 Å². The number of nitrogens with one attached hydrogen (secondary N) is 2. The van der Waals surface area contributed by atoms with Crippen LogP contribution in [0.15, 0.2) is 0 Å². The topological polar surface area (TPSA) is 47.9 Å². The molecule has 1 aliphatic rings. The Hall–Kier alpha value is -0.300. The van der Waals surface area contributed by atoms with Crippen molar-refractivity contribution in [3.63, 3.8) is 0 Å². The summed E-state index contributed by atoms with van der Waals surface area (Å²) >= 11 is 5.42. The van der Waals surface area contributed by atoms with Gasteiger partial charge in [-0.15, -0.1) is 11.6 Å². The molecule has 0 radical (unpaired) electrons. The fourth-order valence-electron chi connectivity index (χ4n) is 0.327. The number of nitrogens with zero attached hydrogens (tertiary/aromatic N) is 1. The number of nitriles is 1. The van der Waals surface area contributed by atoms with Gasteiger partial charge in [0.15, 0.2) is 0 Å². The largest absolute Gasteiger partial charge is 0.236 e. The Morgan fingerprint density at radius 1 is 1.57 bits per heavy atom. The monoisotopic (exact) mass is 117 g/mol. The van der Waals surface area contributed by atoms with E-state index in [1.165, 1.54) is 0 Å². The molecule has 0 bridgehead atoms. The standard InChI is InChI=1S/C3H4ClN3/c4-3-2(1-5)6-7-3/h2-3,6-7H/t2-,3?/m0/s1. The summed E-state index contributed by atoms with van der Waals surface area (Å²) in [5.74, 6) is 0. The third-order valence-electron chi connectivity index (χ3n) is 0.808. The Balaban J connectivity index is 2.33. The second-order valence-electron chi connectivity index (χ2n) is 1.30. The first-order valence-electron chi connectivity index (χ1n) is 1.89. The van der Waals surface area contributed by atoms with Gasteiger partial charge in [-0.1, -0.05) is 0 Å². The highest BCUT2D eigenvalue weighted by Crippen LogP contribution is 2.02. The molecule has 0 aromatic rings. The molecule has 0 saturated carbocycles. The Bertz CT molecular complexity index is 107. The van der Waals surface area contributed by atoms with Crippen molar-refractivity contribution in [1.29, 1.82) is 5.26 Å². The van der Waals surface area contributed by atoms with E-state index >= 15 is 0 Å². The van der Waals surface area contributed by atoms with Gasteiger partial charge in [-0.05, 0) is 0 Å². The Morgan fingerprint density at radius 2 is 2.29 bits per heavy atom. The maximum absolute atomic E-state index is 8.12. The molecule has 1 aliphatic heterocycles. The van der Waals surface area contributed by atoms with E-state index in [9.17, 15) is 0 Å². The molecule has 0 amide bonds. The molecule has 1 rings (SSSR count). The predicted molar refractivity (Wildman–Crippen MR) is 25.3 cm³/mol. The van der Waals surface area contributed by atoms with E-state index in [1.807, 2.05) is 6.07 Å². The Labute approximate surface area is 46.2 Å². The zero-order chi connectivity index (χ0) is 5.28. The van der Waals surface area contributed by atoms with Crippen molar-refractivity contribution in [2.75, 3.05) is 0 Å². The van der Waals surface area contributed by atoms with E-state index in [4.69, 9.17) is 16.9 Å². The zero-order valence-electron chi connectivity index (χ0n) is 3.48. The number of rotatable bonds is 0. The molecule has 0 spiro atoms. The minimum Gasteiger partial charge on any atom is -0.236 e. The third-order valence-corrected chi connectivity index (χ3v) is 1.17. The summed E-state index contributed by atoms with van der Waals surface area (Å²) in [5.41, 5.74) is 5.00. The fourth-order valence-corrected chi connectivity index (χ4v) is 0.510. The van der Waals surface area contributed by atoms with E-state index in [0.29, 0.717) is 0 Å². The molecular formula is C3H4ClN3. The summed E-state index contributed by atoms with van der Waals surface area (Å²) in [5, 5.41) is 8.12. The van der Waals surface area contributed by atoms with Crippen LogP contribution in [0.4, 0.5) is 0 Å². The van der Waals surface area contributed by atoms with Gasteiger partial charge in [0.1, 0.15) is 11.5 Å². The molecule has 0 aromatic heterocycles. The van der Waals surface area contributed by atoms with Crippen LogP contribution in [0.3, 0.4) is 0 Å². The van der Waals surface area contributed by atoms with Crippen molar-refractivity contribution in [2.45, 2.75) is 11.5 Å². The molecule has 0 aliphatic carbocycles. The number of hydrazine groups is 1. The molecule has 38 valence electrons. The zero-order valence-corrected chi connectivity index (χ0v) is 4.24. The normalized spacial score (nSPS) is 38.9. The number of hydrogen-bond acceptors (Lipinski definition) is 3. The van der Waals surface area contributed by atoms with E-state index in [-0.39, 0.29) is 11.5 Å². The van der Waals surface area contributed by atoms with Crippen molar-refractivity contribution >= 4 is 11.6 Å². The molecule has 1 fully saturated rings. The smallest absolute Gasteiger partial charge is 0.139 e. The quantitative estimate of drug-likeness (QED) is 0.334. The van der Waals surface area contributed by atoms with Crippen molar-refractivity contribution < 1.29 is 0 Å². The van der Waals surface area contributed by atoms with Gasteiger partial charge in [0.25, 0.3) is 0 Å². The van der Waals surface area contributed by atoms with Gasteiger partial charge in [-0.25, -0.2) is 10.9 Å². The lowest BCUT2D eigenvalue weighted by Crippen LogP contribution is -2.63. The molecular weight excluding hydrogens is 114 g/mol. The van der Waals surface area contributed by atoms with Crippen molar-refractivity contribution in [2.24, 2.45) is 0 Å². The van der Waals surface area contributed by atoms with E-state index in [0.717, 1.165) is 0 Å². The van der Waals surface area contributed by atoms with Crippen LogP contribution in [-0.4, -0.2) is 11.5 Å². The first-order chi connectivity index (χ1) is 3.34. The lowest BCUT2D eigenvalue weighted by Gasteiger charge is -2.28. The summed E-state index contributed by atoms with van der Waals surface area (Å²) in [6, 6.07) is 1.74. The summed E-state index contributed by atoms with van der Waals surface area (Å²) in [7, 11) is 0. The average molecular weight is 118 g/mol.